The lowest BCUT2D eigenvalue weighted by molar-refractivity contribution is -0.122. The van der Waals surface area contributed by atoms with Crippen molar-refractivity contribution in [1.82, 2.24) is 4.90 Å². The number of rotatable bonds is 6. The van der Waals surface area contributed by atoms with Crippen LogP contribution in [0.1, 0.15) is 23.6 Å². The highest BCUT2D eigenvalue weighted by molar-refractivity contribution is 8.18. The second-order valence-corrected chi connectivity index (χ2v) is 9.45. The van der Waals surface area contributed by atoms with Crippen molar-refractivity contribution in [3.8, 4) is 5.75 Å². The Balaban J connectivity index is 1.55. The van der Waals surface area contributed by atoms with E-state index in [2.05, 4.69) is 4.99 Å². The summed E-state index contributed by atoms with van der Waals surface area (Å²) in [6.45, 7) is 4.68. The largest absolute Gasteiger partial charge is 0.486 e. The SMILES string of the molecule is CCN1C(=O)/C(=C\c2cc(Cl)c(OCc3cccc(C)c3)c(Cl)c2)SC1=Nc1ccc(F)cc1. The summed E-state index contributed by atoms with van der Waals surface area (Å²) in [5.74, 6) is -0.112. The van der Waals surface area contributed by atoms with Crippen molar-refractivity contribution in [2.75, 3.05) is 6.54 Å². The van der Waals surface area contributed by atoms with Crippen LogP contribution in [0.2, 0.25) is 10.0 Å². The molecule has 1 heterocycles. The summed E-state index contributed by atoms with van der Waals surface area (Å²) >= 11 is 14.2. The number of ether oxygens (including phenoxy) is 1. The van der Waals surface area contributed by atoms with Gasteiger partial charge in [0.2, 0.25) is 0 Å². The fraction of sp³-hybridized carbons (Fsp3) is 0.154. The van der Waals surface area contributed by atoms with Crippen molar-refractivity contribution >= 4 is 57.8 Å². The number of likely N-dealkylation sites (N-methyl/N-ethyl adjacent to an activating group) is 1. The molecule has 1 saturated heterocycles. The summed E-state index contributed by atoms with van der Waals surface area (Å²) in [5, 5.41) is 1.24. The quantitative estimate of drug-likeness (QED) is 0.317. The maximum atomic E-state index is 13.2. The maximum absolute atomic E-state index is 13.2. The van der Waals surface area contributed by atoms with E-state index >= 15 is 0 Å². The van der Waals surface area contributed by atoms with Crippen LogP contribution in [0, 0.1) is 12.7 Å². The Hall–Kier alpha value is -2.80. The number of aliphatic imine (C=N–C) groups is 1. The Bertz CT molecular complexity index is 1270. The summed E-state index contributed by atoms with van der Waals surface area (Å²) in [6, 6.07) is 17.2. The van der Waals surface area contributed by atoms with Crippen molar-refractivity contribution in [2.24, 2.45) is 4.99 Å². The number of nitrogens with zero attached hydrogens (tertiary/aromatic N) is 2. The standard InChI is InChI=1S/C26H21Cl2FN2O2S/c1-3-31-25(32)23(34-26(31)30-20-9-7-19(29)8-10-20)14-18-12-21(27)24(22(28)13-18)33-15-17-6-4-5-16(2)11-17/h4-14H,3,15H2,1-2H3/b23-14+,30-26?. The molecule has 3 aromatic carbocycles. The summed E-state index contributed by atoms with van der Waals surface area (Å²) in [7, 11) is 0. The molecule has 0 N–H and O–H groups in total. The molecule has 4 rings (SSSR count). The smallest absolute Gasteiger partial charge is 0.266 e. The number of hydrogen-bond acceptors (Lipinski definition) is 4. The Labute approximate surface area is 212 Å². The zero-order valence-corrected chi connectivity index (χ0v) is 20.8. The van der Waals surface area contributed by atoms with Crippen LogP contribution in [0.25, 0.3) is 6.08 Å². The molecule has 1 aliphatic rings. The second kappa shape index (κ2) is 10.6. The van der Waals surface area contributed by atoms with E-state index in [0.29, 0.717) is 50.3 Å². The van der Waals surface area contributed by atoms with E-state index in [9.17, 15) is 9.18 Å². The number of carbonyl (C=O) groups is 1. The Morgan fingerprint density at radius 2 is 1.79 bits per heavy atom. The molecule has 174 valence electrons. The Kier molecular flexibility index (Phi) is 7.61. The Morgan fingerprint density at radius 3 is 2.44 bits per heavy atom. The van der Waals surface area contributed by atoms with E-state index < -0.39 is 0 Å². The second-order valence-electron chi connectivity index (χ2n) is 7.62. The number of carbonyl (C=O) groups excluding carboxylic acids is 1. The molecule has 0 saturated carbocycles. The van der Waals surface area contributed by atoms with E-state index in [0.717, 1.165) is 11.1 Å². The molecular formula is C26H21Cl2FN2O2S. The zero-order valence-electron chi connectivity index (χ0n) is 18.5. The first-order valence-corrected chi connectivity index (χ1v) is 12.1. The molecule has 1 aliphatic heterocycles. The van der Waals surface area contributed by atoms with Gasteiger partial charge in [-0.1, -0.05) is 53.0 Å². The highest BCUT2D eigenvalue weighted by Crippen LogP contribution is 2.38. The third-order valence-electron chi connectivity index (χ3n) is 5.04. The van der Waals surface area contributed by atoms with Crippen LogP contribution in [0.3, 0.4) is 0 Å². The lowest BCUT2D eigenvalue weighted by Crippen LogP contribution is -2.28. The van der Waals surface area contributed by atoms with Gasteiger partial charge in [0.25, 0.3) is 5.91 Å². The summed E-state index contributed by atoms with van der Waals surface area (Å²) in [6.07, 6.45) is 1.73. The minimum absolute atomic E-state index is 0.166. The average Bonchev–Trinajstić information content (AvgIpc) is 3.08. The topological polar surface area (TPSA) is 41.9 Å². The van der Waals surface area contributed by atoms with Crippen LogP contribution < -0.4 is 4.74 Å². The van der Waals surface area contributed by atoms with E-state index in [1.165, 1.54) is 23.9 Å². The minimum Gasteiger partial charge on any atom is -0.486 e. The number of halogens is 3. The molecule has 34 heavy (non-hydrogen) atoms. The van der Waals surface area contributed by atoms with Gasteiger partial charge in [0.1, 0.15) is 12.4 Å². The first kappa shape index (κ1) is 24.3. The molecule has 0 spiro atoms. The van der Waals surface area contributed by atoms with Crippen molar-refractivity contribution in [3.63, 3.8) is 0 Å². The fourth-order valence-corrected chi connectivity index (χ4v) is 5.08. The van der Waals surface area contributed by atoms with Gasteiger partial charge in [0, 0.05) is 6.54 Å². The molecule has 4 nitrogen and oxygen atoms in total. The zero-order chi connectivity index (χ0) is 24.2. The van der Waals surface area contributed by atoms with Gasteiger partial charge in [-0.05, 0) is 79.2 Å². The van der Waals surface area contributed by atoms with Gasteiger partial charge in [-0.2, -0.15) is 0 Å². The van der Waals surface area contributed by atoms with E-state index in [1.54, 1.807) is 35.2 Å². The monoisotopic (exact) mass is 514 g/mol. The van der Waals surface area contributed by atoms with Crippen molar-refractivity contribution in [3.05, 3.63) is 98.1 Å². The van der Waals surface area contributed by atoms with Crippen LogP contribution >= 0.6 is 35.0 Å². The van der Waals surface area contributed by atoms with Gasteiger partial charge in [0.05, 0.1) is 20.6 Å². The van der Waals surface area contributed by atoms with Gasteiger partial charge >= 0.3 is 0 Å². The third kappa shape index (κ3) is 5.63. The normalized spacial score (nSPS) is 16.0. The first-order valence-electron chi connectivity index (χ1n) is 10.6. The number of hydrogen-bond donors (Lipinski definition) is 0. The lowest BCUT2D eigenvalue weighted by Gasteiger charge is -2.12. The van der Waals surface area contributed by atoms with Crippen LogP contribution in [-0.2, 0) is 11.4 Å². The number of amides is 1. The average molecular weight is 515 g/mol. The molecule has 0 aromatic heterocycles. The van der Waals surface area contributed by atoms with Crippen molar-refractivity contribution in [1.29, 1.82) is 0 Å². The molecule has 0 aliphatic carbocycles. The first-order chi connectivity index (χ1) is 16.3. The van der Waals surface area contributed by atoms with E-state index in [1.807, 2.05) is 38.1 Å². The molecule has 8 heteroatoms. The van der Waals surface area contributed by atoms with Crippen molar-refractivity contribution in [2.45, 2.75) is 20.5 Å². The predicted octanol–water partition coefficient (Wildman–Crippen LogP) is 7.64. The highest BCUT2D eigenvalue weighted by Gasteiger charge is 2.32. The summed E-state index contributed by atoms with van der Waals surface area (Å²) < 4.78 is 19.1. The van der Waals surface area contributed by atoms with Gasteiger partial charge in [-0.15, -0.1) is 0 Å². The molecule has 0 radical (unpaired) electrons. The third-order valence-corrected chi connectivity index (χ3v) is 6.61. The number of aryl methyl sites for hydroxylation is 1. The Morgan fingerprint density at radius 1 is 1.09 bits per heavy atom. The van der Waals surface area contributed by atoms with Gasteiger partial charge in [-0.3, -0.25) is 9.69 Å². The van der Waals surface area contributed by atoms with Crippen LogP contribution in [-0.4, -0.2) is 22.5 Å². The molecular weight excluding hydrogens is 494 g/mol. The molecule has 0 atom stereocenters. The maximum Gasteiger partial charge on any atom is 0.266 e. The van der Waals surface area contributed by atoms with Crippen LogP contribution in [0.4, 0.5) is 10.1 Å². The number of amidine groups is 1. The predicted molar refractivity (Wildman–Crippen MR) is 138 cm³/mol. The molecule has 3 aromatic rings. The molecule has 0 bridgehead atoms. The van der Waals surface area contributed by atoms with E-state index in [-0.39, 0.29) is 11.7 Å². The summed E-state index contributed by atoms with van der Waals surface area (Å²) in [5.41, 5.74) is 3.40. The van der Waals surface area contributed by atoms with Crippen molar-refractivity contribution < 1.29 is 13.9 Å². The van der Waals surface area contributed by atoms with Crippen LogP contribution in [0.5, 0.6) is 5.75 Å². The van der Waals surface area contributed by atoms with Gasteiger partial charge < -0.3 is 4.74 Å². The van der Waals surface area contributed by atoms with Gasteiger partial charge in [-0.25, -0.2) is 9.38 Å². The minimum atomic E-state index is -0.341. The molecule has 0 unspecified atom stereocenters. The lowest BCUT2D eigenvalue weighted by atomic mass is 10.1. The molecule has 1 fully saturated rings. The number of thioether (sulfide) groups is 1. The molecule has 1 amide bonds. The van der Waals surface area contributed by atoms with Gasteiger partial charge in [0.15, 0.2) is 10.9 Å². The van der Waals surface area contributed by atoms with E-state index in [4.69, 9.17) is 27.9 Å². The van der Waals surface area contributed by atoms with Crippen LogP contribution in [0.15, 0.2) is 70.6 Å². The summed E-state index contributed by atoms with van der Waals surface area (Å²) in [4.78, 5) is 19.5. The highest BCUT2D eigenvalue weighted by atomic mass is 35.5. The fourth-order valence-electron chi connectivity index (χ4n) is 3.41. The number of benzene rings is 3.